The van der Waals surface area contributed by atoms with E-state index in [1.165, 1.54) is 31.2 Å². The Bertz CT molecular complexity index is 442. The molecule has 0 N–H and O–H groups in total. The Labute approximate surface area is 128 Å². The maximum Gasteiger partial charge on any atom is 0.225 e. The number of fused-ring (bicyclic) bond motifs is 2. The van der Waals surface area contributed by atoms with Gasteiger partial charge >= 0.3 is 0 Å². The second-order valence-electron chi connectivity index (χ2n) is 6.83. The normalized spacial score (nSPS) is 25.8. The number of anilines is 1. The van der Waals surface area contributed by atoms with E-state index in [9.17, 15) is 0 Å². The number of rotatable bonds is 5. The molecule has 4 heteroatoms. The Morgan fingerprint density at radius 1 is 1.14 bits per heavy atom. The zero-order valence-electron chi connectivity index (χ0n) is 13.6. The van der Waals surface area contributed by atoms with Gasteiger partial charge in [0.2, 0.25) is 5.95 Å². The highest BCUT2D eigenvalue weighted by Crippen LogP contribution is 2.33. The molecule has 2 fully saturated rings. The Kier molecular flexibility index (Phi) is 4.43. The first kappa shape index (κ1) is 14.8. The van der Waals surface area contributed by atoms with E-state index in [-0.39, 0.29) is 0 Å². The van der Waals surface area contributed by atoms with Gasteiger partial charge in [0.25, 0.3) is 0 Å². The van der Waals surface area contributed by atoms with Gasteiger partial charge in [-0.05, 0) is 45.1 Å². The van der Waals surface area contributed by atoms with Crippen LogP contribution in [0.5, 0.6) is 0 Å². The van der Waals surface area contributed by atoms with Crippen LogP contribution in [0.4, 0.5) is 5.95 Å². The van der Waals surface area contributed by atoms with Crippen molar-refractivity contribution in [2.75, 3.05) is 18.0 Å². The van der Waals surface area contributed by atoms with Crippen LogP contribution < -0.4 is 4.90 Å². The second-order valence-corrected chi connectivity index (χ2v) is 6.83. The maximum atomic E-state index is 4.66. The fourth-order valence-electron chi connectivity index (χ4n) is 3.68. The molecule has 2 atom stereocenters. The molecule has 0 amide bonds. The summed E-state index contributed by atoms with van der Waals surface area (Å²) < 4.78 is 0. The highest BCUT2D eigenvalue weighted by molar-refractivity contribution is 5.37. The van der Waals surface area contributed by atoms with Gasteiger partial charge in [-0.2, -0.15) is 0 Å². The van der Waals surface area contributed by atoms with Crippen molar-refractivity contribution >= 4 is 5.95 Å². The van der Waals surface area contributed by atoms with Gasteiger partial charge in [-0.1, -0.05) is 13.3 Å². The summed E-state index contributed by atoms with van der Waals surface area (Å²) in [5.74, 6) is 0.950. The van der Waals surface area contributed by atoms with E-state index in [0.717, 1.165) is 25.5 Å². The van der Waals surface area contributed by atoms with Crippen LogP contribution in [0.1, 0.15) is 52.0 Å². The molecular formula is C17H28N4. The molecule has 21 heavy (non-hydrogen) atoms. The van der Waals surface area contributed by atoms with Gasteiger partial charge in [0.05, 0.1) is 0 Å². The Balaban J connectivity index is 1.70. The van der Waals surface area contributed by atoms with Crippen molar-refractivity contribution in [1.29, 1.82) is 0 Å². The van der Waals surface area contributed by atoms with Gasteiger partial charge < -0.3 is 4.90 Å². The lowest BCUT2D eigenvalue weighted by atomic mass is 10.1. The zero-order valence-corrected chi connectivity index (χ0v) is 13.6. The maximum absolute atomic E-state index is 4.66. The number of hydrogen-bond donors (Lipinski definition) is 0. The second kappa shape index (κ2) is 6.30. The van der Waals surface area contributed by atoms with Crippen molar-refractivity contribution in [2.24, 2.45) is 0 Å². The monoisotopic (exact) mass is 288 g/mol. The molecule has 1 aromatic heterocycles. The van der Waals surface area contributed by atoms with Crippen molar-refractivity contribution < 1.29 is 0 Å². The Morgan fingerprint density at radius 3 is 2.29 bits per heavy atom. The van der Waals surface area contributed by atoms with E-state index >= 15 is 0 Å². The quantitative estimate of drug-likeness (QED) is 0.834. The molecule has 1 aromatic rings. The standard InChI is InChI=1S/C17H28N4/c1-4-5-6-14-9-18-17(19-10-14)21-15-7-8-16(21)12-20(11-15)13(2)3/h9-10,13,15-16H,4-8,11-12H2,1-3H3. The third-order valence-electron chi connectivity index (χ3n) is 4.98. The van der Waals surface area contributed by atoms with E-state index in [1.54, 1.807) is 0 Å². The lowest BCUT2D eigenvalue weighted by molar-refractivity contribution is 0.176. The molecule has 0 radical (unpaired) electrons. The van der Waals surface area contributed by atoms with Gasteiger partial charge in [0, 0.05) is 43.6 Å². The lowest BCUT2D eigenvalue weighted by Crippen LogP contribution is -2.56. The minimum Gasteiger partial charge on any atom is -0.332 e. The summed E-state index contributed by atoms with van der Waals surface area (Å²) in [6, 6.07) is 1.85. The summed E-state index contributed by atoms with van der Waals surface area (Å²) in [7, 11) is 0. The smallest absolute Gasteiger partial charge is 0.225 e. The van der Waals surface area contributed by atoms with Gasteiger partial charge in [0.15, 0.2) is 0 Å². The number of piperazine rings is 1. The number of nitrogens with zero attached hydrogens (tertiary/aromatic N) is 4. The molecule has 2 aliphatic rings. The summed E-state index contributed by atoms with van der Waals surface area (Å²) in [6.45, 7) is 9.15. The van der Waals surface area contributed by atoms with Crippen LogP contribution in [0.15, 0.2) is 12.4 Å². The highest BCUT2D eigenvalue weighted by Gasteiger charge is 2.41. The van der Waals surface area contributed by atoms with E-state index in [2.05, 4.69) is 40.5 Å². The highest BCUT2D eigenvalue weighted by atomic mass is 15.4. The van der Waals surface area contributed by atoms with Crippen LogP contribution in [0.2, 0.25) is 0 Å². The van der Waals surface area contributed by atoms with Crippen molar-refractivity contribution in [1.82, 2.24) is 14.9 Å². The largest absolute Gasteiger partial charge is 0.332 e. The molecule has 3 rings (SSSR count). The summed E-state index contributed by atoms with van der Waals surface area (Å²) in [4.78, 5) is 14.4. The fourth-order valence-corrected chi connectivity index (χ4v) is 3.68. The van der Waals surface area contributed by atoms with Crippen LogP contribution in [0.3, 0.4) is 0 Å². The third-order valence-corrected chi connectivity index (χ3v) is 4.98. The molecule has 2 bridgehead atoms. The number of aromatic nitrogens is 2. The van der Waals surface area contributed by atoms with Crippen LogP contribution in [0.25, 0.3) is 0 Å². The van der Waals surface area contributed by atoms with Crippen molar-refractivity contribution in [3.05, 3.63) is 18.0 Å². The van der Waals surface area contributed by atoms with Gasteiger partial charge in [0.1, 0.15) is 0 Å². The minimum atomic E-state index is 0.604. The Hall–Kier alpha value is -1.16. The van der Waals surface area contributed by atoms with E-state index in [0.29, 0.717) is 18.1 Å². The topological polar surface area (TPSA) is 32.3 Å². The van der Waals surface area contributed by atoms with E-state index in [1.807, 2.05) is 12.4 Å². The summed E-state index contributed by atoms with van der Waals surface area (Å²) in [5, 5.41) is 0. The van der Waals surface area contributed by atoms with Crippen LogP contribution >= 0.6 is 0 Å². The van der Waals surface area contributed by atoms with Gasteiger partial charge in [-0.15, -0.1) is 0 Å². The van der Waals surface area contributed by atoms with E-state index in [4.69, 9.17) is 0 Å². The Morgan fingerprint density at radius 2 is 1.76 bits per heavy atom. The molecule has 0 aromatic carbocycles. The summed E-state index contributed by atoms with van der Waals surface area (Å²) >= 11 is 0. The first-order valence-electron chi connectivity index (χ1n) is 8.52. The molecule has 116 valence electrons. The SMILES string of the molecule is CCCCc1cnc(N2C3CCC2CN(C(C)C)C3)nc1. The van der Waals surface area contributed by atoms with Crippen molar-refractivity contribution in [3.8, 4) is 0 Å². The first-order chi connectivity index (χ1) is 10.2. The predicted octanol–water partition coefficient (Wildman–Crippen LogP) is 2.88. The average molecular weight is 288 g/mol. The molecule has 3 heterocycles. The molecule has 0 aliphatic carbocycles. The molecule has 2 unspecified atom stereocenters. The average Bonchev–Trinajstić information content (AvgIpc) is 2.75. The molecule has 2 saturated heterocycles. The first-order valence-corrected chi connectivity index (χ1v) is 8.52. The number of hydrogen-bond acceptors (Lipinski definition) is 4. The number of likely N-dealkylation sites (tertiary alicyclic amines) is 1. The molecule has 0 spiro atoms. The minimum absolute atomic E-state index is 0.604. The predicted molar refractivity (Wildman–Crippen MR) is 86.6 cm³/mol. The van der Waals surface area contributed by atoms with Crippen molar-refractivity contribution in [3.63, 3.8) is 0 Å². The zero-order chi connectivity index (χ0) is 14.8. The number of aryl methyl sites for hydroxylation is 1. The number of unbranched alkanes of at least 4 members (excludes halogenated alkanes) is 1. The summed E-state index contributed by atoms with van der Waals surface area (Å²) in [5.41, 5.74) is 1.27. The molecule has 0 saturated carbocycles. The molecular weight excluding hydrogens is 260 g/mol. The lowest BCUT2D eigenvalue weighted by Gasteiger charge is -2.42. The van der Waals surface area contributed by atoms with Gasteiger partial charge in [-0.3, -0.25) is 4.90 Å². The van der Waals surface area contributed by atoms with Crippen LogP contribution in [0, 0.1) is 0 Å². The third kappa shape index (κ3) is 3.05. The molecule has 4 nitrogen and oxygen atoms in total. The summed E-state index contributed by atoms with van der Waals surface area (Å²) in [6.07, 6.45) is 10.2. The fraction of sp³-hybridized carbons (Fsp3) is 0.765. The van der Waals surface area contributed by atoms with Crippen LogP contribution in [-0.2, 0) is 6.42 Å². The van der Waals surface area contributed by atoms with E-state index < -0.39 is 0 Å². The van der Waals surface area contributed by atoms with Crippen LogP contribution in [-0.4, -0.2) is 46.1 Å². The van der Waals surface area contributed by atoms with Gasteiger partial charge in [-0.25, -0.2) is 9.97 Å². The molecule has 2 aliphatic heterocycles. The van der Waals surface area contributed by atoms with Crippen molar-refractivity contribution in [2.45, 2.75) is 71.0 Å².